The lowest BCUT2D eigenvalue weighted by molar-refractivity contribution is -0.141. The maximum absolute atomic E-state index is 13.3. The smallest absolute Gasteiger partial charge is 0.309 e. The first-order valence-corrected chi connectivity index (χ1v) is 10.9. The normalized spacial score (nSPS) is 11.9. The first kappa shape index (κ1) is 22.4. The molecule has 31 heavy (non-hydrogen) atoms. The van der Waals surface area contributed by atoms with Crippen LogP contribution in [0.3, 0.4) is 0 Å². The van der Waals surface area contributed by atoms with E-state index < -0.39 is 38.2 Å². The van der Waals surface area contributed by atoms with Crippen molar-refractivity contribution in [3.05, 3.63) is 71.7 Å². The molecule has 0 fully saturated rings. The standard InChI is InChI=1S/C21H18F3N3O3S/c1-13-6-4-5-7-15(13)16-8-9-25-12-17(16)27(2)20(28)14-10-18(21(22,23)24)26-19(11-14)31(3,29)30/h4-12H,1-3H3. The molecule has 1 amide bonds. The largest absolute Gasteiger partial charge is 0.433 e. The first-order chi connectivity index (χ1) is 14.4. The number of alkyl halides is 3. The van der Waals surface area contributed by atoms with Gasteiger partial charge in [-0.3, -0.25) is 9.78 Å². The lowest BCUT2D eigenvalue weighted by Crippen LogP contribution is -2.28. The Morgan fingerprint density at radius 2 is 1.74 bits per heavy atom. The van der Waals surface area contributed by atoms with Crippen molar-refractivity contribution in [3.8, 4) is 11.1 Å². The van der Waals surface area contributed by atoms with E-state index in [0.29, 0.717) is 17.3 Å². The third kappa shape index (κ3) is 4.74. The third-order valence-electron chi connectivity index (χ3n) is 4.62. The summed E-state index contributed by atoms with van der Waals surface area (Å²) in [7, 11) is -2.70. The molecule has 1 aromatic carbocycles. The van der Waals surface area contributed by atoms with E-state index in [1.165, 1.54) is 13.2 Å². The minimum Gasteiger partial charge on any atom is -0.309 e. The van der Waals surface area contributed by atoms with Crippen molar-refractivity contribution in [1.82, 2.24) is 9.97 Å². The lowest BCUT2D eigenvalue weighted by atomic mass is 10.00. The highest BCUT2D eigenvalue weighted by molar-refractivity contribution is 7.90. The molecule has 2 aromatic heterocycles. The molecule has 0 unspecified atom stereocenters. The Balaban J connectivity index is 2.13. The van der Waals surface area contributed by atoms with Crippen molar-refractivity contribution >= 4 is 21.4 Å². The molecular formula is C21H18F3N3O3S. The molecule has 0 radical (unpaired) electrons. The van der Waals surface area contributed by atoms with Gasteiger partial charge in [-0.2, -0.15) is 13.2 Å². The van der Waals surface area contributed by atoms with Crippen LogP contribution in [0, 0.1) is 6.92 Å². The van der Waals surface area contributed by atoms with Gasteiger partial charge in [-0.15, -0.1) is 0 Å². The molecule has 0 spiro atoms. The number of halogens is 3. The van der Waals surface area contributed by atoms with E-state index in [0.717, 1.165) is 28.3 Å². The molecule has 0 bridgehead atoms. The maximum Gasteiger partial charge on any atom is 0.433 e. The number of rotatable bonds is 4. The predicted octanol–water partition coefficient (Wildman–Crippen LogP) is 4.15. The van der Waals surface area contributed by atoms with Crippen molar-refractivity contribution in [3.63, 3.8) is 0 Å². The van der Waals surface area contributed by atoms with E-state index in [9.17, 15) is 26.4 Å². The average Bonchev–Trinajstić information content (AvgIpc) is 2.71. The van der Waals surface area contributed by atoms with Crippen LogP contribution in [0.4, 0.5) is 18.9 Å². The van der Waals surface area contributed by atoms with Crippen molar-refractivity contribution in [2.24, 2.45) is 0 Å². The van der Waals surface area contributed by atoms with Crippen LogP contribution < -0.4 is 4.90 Å². The fourth-order valence-corrected chi connectivity index (χ4v) is 3.63. The molecular weight excluding hydrogens is 431 g/mol. The SMILES string of the molecule is Cc1ccccc1-c1ccncc1N(C)C(=O)c1cc(C(F)(F)F)nc(S(C)(=O)=O)c1. The Labute approximate surface area is 177 Å². The van der Waals surface area contributed by atoms with Gasteiger partial charge in [0, 0.05) is 30.6 Å². The van der Waals surface area contributed by atoms with E-state index in [2.05, 4.69) is 9.97 Å². The van der Waals surface area contributed by atoms with E-state index in [1.807, 2.05) is 31.2 Å². The number of hydrogen-bond donors (Lipinski definition) is 0. The minimum atomic E-state index is -4.92. The zero-order valence-electron chi connectivity index (χ0n) is 16.8. The van der Waals surface area contributed by atoms with Crippen molar-refractivity contribution < 1.29 is 26.4 Å². The van der Waals surface area contributed by atoms with Crippen molar-refractivity contribution in [2.75, 3.05) is 18.2 Å². The number of carbonyl (C=O) groups excluding carboxylic acids is 1. The molecule has 10 heteroatoms. The Bertz CT molecular complexity index is 1260. The maximum atomic E-state index is 13.3. The quantitative estimate of drug-likeness (QED) is 0.598. The number of benzene rings is 1. The van der Waals surface area contributed by atoms with Crippen LogP contribution in [-0.2, 0) is 16.0 Å². The zero-order valence-corrected chi connectivity index (χ0v) is 17.6. The molecule has 0 N–H and O–H groups in total. The number of aromatic nitrogens is 2. The van der Waals surface area contributed by atoms with E-state index in [4.69, 9.17) is 0 Å². The minimum absolute atomic E-state index is 0.355. The summed E-state index contributed by atoms with van der Waals surface area (Å²) in [6.45, 7) is 1.89. The second kappa shape index (κ2) is 8.10. The highest BCUT2D eigenvalue weighted by Crippen LogP contribution is 2.33. The van der Waals surface area contributed by atoms with Gasteiger partial charge in [0.1, 0.15) is 5.69 Å². The topological polar surface area (TPSA) is 80.2 Å². The van der Waals surface area contributed by atoms with Gasteiger partial charge < -0.3 is 4.90 Å². The third-order valence-corrected chi connectivity index (χ3v) is 5.59. The number of sulfone groups is 1. The first-order valence-electron chi connectivity index (χ1n) is 8.97. The Kier molecular flexibility index (Phi) is 5.86. The molecule has 0 saturated carbocycles. The van der Waals surface area contributed by atoms with Crippen LogP contribution in [0.15, 0.2) is 59.9 Å². The second-order valence-corrected chi connectivity index (χ2v) is 8.88. The van der Waals surface area contributed by atoms with Gasteiger partial charge in [0.25, 0.3) is 5.91 Å². The molecule has 3 aromatic rings. The summed E-state index contributed by atoms with van der Waals surface area (Å²) in [6, 6.07) is 10.5. The summed E-state index contributed by atoms with van der Waals surface area (Å²) in [5.74, 6) is -0.833. The molecule has 6 nitrogen and oxygen atoms in total. The Hall–Kier alpha value is -3.27. The number of hydrogen-bond acceptors (Lipinski definition) is 5. The molecule has 0 aliphatic carbocycles. The van der Waals surface area contributed by atoms with Gasteiger partial charge in [0.05, 0.1) is 11.9 Å². The van der Waals surface area contributed by atoms with Crippen LogP contribution in [0.5, 0.6) is 0 Å². The van der Waals surface area contributed by atoms with Crippen LogP contribution in [0.25, 0.3) is 11.1 Å². The highest BCUT2D eigenvalue weighted by atomic mass is 32.2. The molecule has 2 heterocycles. The summed E-state index contributed by atoms with van der Waals surface area (Å²) in [6.07, 6.45) is -1.23. The monoisotopic (exact) mass is 449 g/mol. The second-order valence-electron chi connectivity index (χ2n) is 6.92. The van der Waals surface area contributed by atoms with E-state index in [-0.39, 0.29) is 0 Å². The molecule has 0 saturated heterocycles. The fourth-order valence-electron chi connectivity index (χ4n) is 3.02. The summed E-state index contributed by atoms with van der Waals surface area (Å²) >= 11 is 0. The number of nitrogens with zero attached hydrogens (tertiary/aromatic N) is 3. The van der Waals surface area contributed by atoms with Gasteiger partial charge >= 0.3 is 6.18 Å². The number of anilines is 1. The summed E-state index contributed by atoms with van der Waals surface area (Å²) < 4.78 is 63.5. The Morgan fingerprint density at radius 1 is 1.06 bits per heavy atom. The molecule has 0 aliphatic rings. The van der Waals surface area contributed by atoms with Crippen molar-refractivity contribution in [2.45, 2.75) is 18.1 Å². The summed E-state index contributed by atoms with van der Waals surface area (Å²) in [5.41, 5.74) is 0.841. The number of aryl methyl sites for hydroxylation is 1. The van der Waals surface area contributed by atoms with Crippen LogP contribution >= 0.6 is 0 Å². The highest BCUT2D eigenvalue weighted by Gasteiger charge is 2.35. The van der Waals surface area contributed by atoms with Crippen LogP contribution in [-0.4, -0.2) is 37.6 Å². The van der Waals surface area contributed by atoms with Gasteiger partial charge in [0.15, 0.2) is 14.9 Å². The number of amides is 1. The zero-order chi connectivity index (χ0) is 23.0. The van der Waals surface area contributed by atoms with Gasteiger partial charge in [-0.1, -0.05) is 24.3 Å². The summed E-state index contributed by atoms with van der Waals surface area (Å²) in [4.78, 5) is 21.4. The molecule has 0 atom stereocenters. The van der Waals surface area contributed by atoms with Crippen LogP contribution in [0.2, 0.25) is 0 Å². The summed E-state index contributed by atoms with van der Waals surface area (Å²) in [5, 5.41) is -0.829. The predicted molar refractivity (Wildman–Crippen MR) is 109 cm³/mol. The fraction of sp³-hybridized carbons (Fsp3) is 0.190. The van der Waals surface area contributed by atoms with E-state index >= 15 is 0 Å². The van der Waals surface area contributed by atoms with Gasteiger partial charge in [-0.05, 0) is 36.2 Å². The lowest BCUT2D eigenvalue weighted by Gasteiger charge is -2.22. The average molecular weight is 449 g/mol. The van der Waals surface area contributed by atoms with Crippen LogP contribution in [0.1, 0.15) is 21.6 Å². The van der Waals surface area contributed by atoms with Crippen molar-refractivity contribution in [1.29, 1.82) is 0 Å². The van der Waals surface area contributed by atoms with Gasteiger partial charge in [0.2, 0.25) is 0 Å². The van der Waals surface area contributed by atoms with E-state index in [1.54, 1.807) is 12.3 Å². The number of pyridine rings is 2. The number of carbonyl (C=O) groups is 1. The molecule has 0 aliphatic heterocycles. The Morgan fingerprint density at radius 3 is 2.35 bits per heavy atom. The molecule has 162 valence electrons. The molecule has 3 rings (SSSR count). The van der Waals surface area contributed by atoms with Gasteiger partial charge in [-0.25, -0.2) is 13.4 Å².